The maximum Gasteiger partial charge on any atom is 0.343 e. The highest BCUT2D eigenvalue weighted by Gasteiger charge is 2.14. The summed E-state index contributed by atoms with van der Waals surface area (Å²) in [7, 11) is 0. The van der Waals surface area contributed by atoms with Crippen molar-refractivity contribution in [1.82, 2.24) is 0 Å². The summed E-state index contributed by atoms with van der Waals surface area (Å²) in [5.74, 6) is 1.14. The van der Waals surface area contributed by atoms with Crippen LogP contribution in [-0.4, -0.2) is 38.4 Å². The van der Waals surface area contributed by atoms with Crippen molar-refractivity contribution < 1.29 is 36.9 Å². The van der Waals surface area contributed by atoms with Crippen LogP contribution in [0.2, 0.25) is 0 Å². The predicted octanol–water partition coefficient (Wildman–Crippen LogP) is 9.93. The Bertz CT molecular complexity index is 1380. The molecule has 0 bridgehead atoms. The van der Waals surface area contributed by atoms with Crippen molar-refractivity contribution in [2.45, 2.75) is 58.3 Å². The molecule has 252 valence electrons. The molecule has 0 fully saturated rings. The smallest absolute Gasteiger partial charge is 0.343 e. The molecule has 3 aromatic rings. The first-order valence-corrected chi connectivity index (χ1v) is 17.4. The number of hydrogen-bond acceptors (Lipinski definition) is 10. The lowest BCUT2D eigenvalue weighted by atomic mass is 10.2. The fourth-order valence-corrected chi connectivity index (χ4v) is 4.93. The van der Waals surface area contributed by atoms with Crippen molar-refractivity contribution in [3.63, 3.8) is 0 Å². The summed E-state index contributed by atoms with van der Waals surface area (Å²) in [6.07, 6.45) is 8.16. The van der Waals surface area contributed by atoms with Gasteiger partial charge in [-0.15, -0.1) is 0 Å². The van der Waals surface area contributed by atoms with Gasteiger partial charge in [-0.05, 0) is 129 Å². The Balaban J connectivity index is 1.36. The normalized spacial score (nSPS) is 10.7. The topological polar surface area (TPSA) is 89.5 Å². The number of benzene rings is 3. The van der Waals surface area contributed by atoms with Crippen molar-refractivity contribution >= 4 is 36.0 Å². The second-order valence-electron chi connectivity index (χ2n) is 10.5. The summed E-state index contributed by atoms with van der Waals surface area (Å²) in [4.78, 5) is 25.5. The molecule has 0 saturated heterocycles. The quantitative estimate of drug-likeness (QED) is 0.0394. The molecule has 10 heteroatoms. The fraction of sp³-hybridized carbons (Fsp3) is 0.351. The summed E-state index contributed by atoms with van der Waals surface area (Å²) in [6.45, 7) is 11.6. The van der Waals surface area contributed by atoms with Crippen molar-refractivity contribution in [2.75, 3.05) is 26.4 Å². The number of esters is 2. The molecule has 8 nitrogen and oxygen atoms in total. The van der Waals surface area contributed by atoms with Crippen molar-refractivity contribution in [1.29, 1.82) is 0 Å². The van der Waals surface area contributed by atoms with Crippen molar-refractivity contribution in [2.24, 2.45) is 0 Å². The molecule has 3 aromatic carbocycles. The maximum absolute atomic E-state index is 12.8. The second-order valence-corrected chi connectivity index (χ2v) is 12.0. The van der Waals surface area contributed by atoms with Crippen molar-refractivity contribution in [3.05, 3.63) is 107 Å². The van der Waals surface area contributed by atoms with Gasteiger partial charge in [-0.25, -0.2) is 9.59 Å². The molecule has 0 N–H and O–H groups in total. The second kappa shape index (κ2) is 22.8. The molecule has 0 saturated carbocycles. The highest BCUT2D eigenvalue weighted by Crippen LogP contribution is 2.26. The molecule has 0 radical (unpaired) electrons. The molecule has 47 heavy (non-hydrogen) atoms. The number of carbonyl (C=O) groups is 2. The van der Waals surface area contributed by atoms with Gasteiger partial charge in [0.15, 0.2) is 0 Å². The van der Waals surface area contributed by atoms with E-state index in [-0.39, 0.29) is 0 Å². The van der Waals surface area contributed by atoms with E-state index in [2.05, 4.69) is 13.2 Å². The van der Waals surface area contributed by atoms with E-state index in [1.165, 1.54) is 24.1 Å². The minimum Gasteiger partial charge on any atom is -0.494 e. The summed E-state index contributed by atoms with van der Waals surface area (Å²) in [5, 5.41) is 3.34. The molecular weight excluding hydrogens is 637 g/mol. The minimum absolute atomic E-state index is 0.350. The maximum atomic E-state index is 12.8. The molecule has 0 atom stereocenters. The van der Waals surface area contributed by atoms with E-state index in [4.69, 9.17) is 27.3 Å². The van der Waals surface area contributed by atoms with Crippen LogP contribution in [0.4, 0.5) is 0 Å². The summed E-state index contributed by atoms with van der Waals surface area (Å²) >= 11 is 2.53. The van der Waals surface area contributed by atoms with Gasteiger partial charge in [-0.1, -0.05) is 26.0 Å². The van der Waals surface area contributed by atoms with E-state index in [1.54, 1.807) is 84.5 Å². The highest BCUT2D eigenvalue weighted by atomic mass is 32.2. The zero-order valence-corrected chi connectivity index (χ0v) is 28.6. The van der Waals surface area contributed by atoms with Gasteiger partial charge in [0, 0.05) is 24.1 Å². The molecule has 0 heterocycles. The zero-order valence-electron chi connectivity index (χ0n) is 27.0. The number of rotatable bonds is 24. The van der Waals surface area contributed by atoms with Crippen molar-refractivity contribution in [3.8, 4) is 23.0 Å². The zero-order chi connectivity index (χ0) is 33.5. The Hall–Kier alpha value is -3.70. The van der Waals surface area contributed by atoms with Crippen LogP contribution in [0.1, 0.15) is 77.6 Å². The Labute approximate surface area is 287 Å². The van der Waals surface area contributed by atoms with E-state index < -0.39 is 11.9 Å². The Morgan fingerprint density at radius 2 is 1.00 bits per heavy atom. The van der Waals surface area contributed by atoms with E-state index >= 15 is 0 Å². The van der Waals surface area contributed by atoms with Gasteiger partial charge in [-0.2, -0.15) is 0 Å². The largest absolute Gasteiger partial charge is 0.494 e. The van der Waals surface area contributed by atoms with Gasteiger partial charge in [-0.3, -0.25) is 0 Å². The van der Waals surface area contributed by atoms with E-state index in [9.17, 15) is 9.59 Å². The molecule has 0 amide bonds. The highest BCUT2D eigenvalue weighted by molar-refractivity contribution is 7.97. The fourth-order valence-electron chi connectivity index (χ4n) is 4.30. The van der Waals surface area contributed by atoms with Gasteiger partial charge < -0.3 is 27.3 Å². The molecule has 0 aliphatic heterocycles. The minimum atomic E-state index is -0.493. The van der Waals surface area contributed by atoms with Gasteiger partial charge in [0.1, 0.15) is 23.0 Å². The van der Waals surface area contributed by atoms with Gasteiger partial charge in [0.2, 0.25) is 0 Å². The first-order chi connectivity index (χ1) is 23.0. The third-order valence-electron chi connectivity index (χ3n) is 6.79. The van der Waals surface area contributed by atoms with Crippen LogP contribution in [-0.2, 0) is 8.37 Å². The molecule has 0 unspecified atom stereocenters. The lowest BCUT2D eigenvalue weighted by Gasteiger charge is -2.11. The third-order valence-corrected chi connectivity index (χ3v) is 7.67. The van der Waals surface area contributed by atoms with Crippen LogP contribution in [0.25, 0.3) is 0 Å². The summed E-state index contributed by atoms with van der Waals surface area (Å²) in [5.41, 5.74) is 1.46. The van der Waals surface area contributed by atoms with Crippen LogP contribution in [0, 0.1) is 6.92 Å². The first kappa shape index (κ1) is 37.8. The predicted molar refractivity (Wildman–Crippen MR) is 189 cm³/mol. The molecule has 0 aliphatic rings. The van der Waals surface area contributed by atoms with E-state index in [1.807, 2.05) is 0 Å². The third kappa shape index (κ3) is 15.2. The number of ether oxygens (including phenoxy) is 4. The number of carbonyl (C=O) groups excluding carboxylic acids is 2. The lowest BCUT2D eigenvalue weighted by Crippen LogP contribution is -2.10. The number of hydrogen-bond donors (Lipinski definition) is 0. The van der Waals surface area contributed by atoms with Crippen LogP contribution in [0.3, 0.4) is 0 Å². The molecule has 0 spiro atoms. The molecule has 0 aliphatic carbocycles. The molecule has 3 rings (SSSR count). The van der Waals surface area contributed by atoms with E-state index in [0.29, 0.717) is 66.1 Å². The summed E-state index contributed by atoms with van der Waals surface area (Å²) < 4.78 is 33.3. The SMILES string of the molecule is C=CSOCCCCCCOc1ccc(C(=O)Oc2ccc(OC(=O)c3ccc(OCCCCCCOSC=C)cc3)c(C)c2)cc1. The van der Waals surface area contributed by atoms with Crippen LogP contribution in [0.15, 0.2) is 90.7 Å². The first-order valence-electron chi connectivity index (χ1n) is 15.8. The Morgan fingerprint density at radius 1 is 0.574 bits per heavy atom. The lowest BCUT2D eigenvalue weighted by molar-refractivity contribution is 0.0718. The monoisotopic (exact) mass is 680 g/mol. The average Bonchev–Trinajstić information content (AvgIpc) is 3.08. The van der Waals surface area contributed by atoms with E-state index in [0.717, 1.165) is 51.4 Å². The Kier molecular flexibility index (Phi) is 18.3. The number of aryl methyl sites for hydroxylation is 1. The van der Waals surface area contributed by atoms with Crippen LogP contribution < -0.4 is 18.9 Å². The van der Waals surface area contributed by atoms with Gasteiger partial charge >= 0.3 is 11.9 Å². The molecular formula is C37H44O8S2. The number of unbranched alkanes of at least 4 members (excludes halogenated alkanes) is 6. The van der Waals surface area contributed by atoms with Gasteiger partial charge in [0.25, 0.3) is 0 Å². The Morgan fingerprint density at radius 3 is 1.45 bits per heavy atom. The van der Waals surface area contributed by atoms with Crippen LogP contribution in [0.5, 0.6) is 23.0 Å². The standard InChI is InChI=1S/C37H44O8S2/c1-4-46-42-26-12-8-6-10-24-40-32-18-14-30(15-19-32)36(38)44-34-22-23-35(29(3)28-34)45-37(39)31-16-20-33(21-17-31)41-25-11-7-9-13-27-43-47-5-2/h4-5,14-23,28H,1-2,6-13,24-27H2,3H3. The van der Waals surface area contributed by atoms with Crippen LogP contribution >= 0.6 is 24.1 Å². The average molecular weight is 681 g/mol. The summed E-state index contributed by atoms with van der Waals surface area (Å²) in [6, 6.07) is 18.6. The molecule has 0 aromatic heterocycles. The van der Waals surface area contributed by atoms with Gasteiger partial charge in [0.05, 0.1) is 37.6 Å².